The predicted molar refractivity (Wildman–Crippen MR) is 142 cm³/mol. The summed E-state index contributed by atoms with van der Waals surface area (Å²) in [5.41, 5.74) is 0.423. The third-order valence-corrected chi connectivity index (χ3v) is 12.0. The number of ether oxygens (including phenoxy) is 1. The fourth-order valence-electron chi connectivity index (χ4n) is 10.2. The Hall–Kier alpha value is -1.66. The maximum absolute atomic E-state index is 11.9. The molecule has 6 heteroatoms. The van der Waals surface area contributed by atoms with Gasteiger partial charge in [-0.1, -0.05) is 34.1 Å². The van der Waals surface area contributed by atoms with E-state index in [1.807, 2.05) is 0 Å². The molecule has 0 spiro atoms. The third-order valence-electron chi connectivity index (χ3n) is 12.0. The molecule has 1 aromatic heterocycles. The number of carbonyl (C=O) groups is 1. The summed E-state index contributed by atoms with van der Waals surface area (Å²) in [6.45, 7) is 10.0. The summed E-state index contributed by atoms with van der Waals surface area (Å²) in [5, 5.41) is 31.8. The van der Waals surface area contributed by atoms with Gasteiger partial charge in [-0.25, -0.2) is 9.78 Å². The van der Waals surface area contributed by atoms with Gasteiger partial charge in [-0.3, -0.25) is 0 Å². The van der Waals surface area contributed by atoms with Crippen molar-refractivity contribution in [3.05, 3.63) is 24.0 Å². The topological polar surface area (TPSA) is 99.9 Å². The Kier molecular flexibility index (Phi) is 7.38. The van der Waals surface area contributed by atoms with Crippen LogP contribution in [0.4, 0.5) is 0 Å². The number of hydrogen-bond donors (Lipinski definition) is 3. The number of hydrogen-bond acceptors (Lipinski definition) is 5. The quantitative estimate of drug-likeness (QED) is 0.425. The van der Waals surface area contributed by atoms with Gasteiger partial charge in [0.05, 0.1) is 18.8 Å². The minimum Gasteiger partial charge on any atom is -0.491 e. The number of carboxylic acids is 1. The molecule has 0 radical (unpaired) electrons. The van der Waals surface area contributed by atoms with E-state index < -0.39 is 5.97 Å². The van der Waals surface area contributed by atoms with Crippen LogP contribution in [0.3, 0.4) is 0 Å². The summed E-state index contributed by atoms with van der Waals surface area (Å²) in [6, 6.07) is 3.39. The van der Waals surface area contributed by atoms with Gasteiger partial charge in [0.15, 0.2) is 11.4 Å². The molecule has 3 N–H and O–H groups in total. The number of pyridine rings is 1. The van der Waals surface area contributed by atoms with Crippen molar-refractivity contribution in [3.8, 4) is 5.75 Å². The molecule has 0 bridgehead atoms. The highest BCUT2D eigenvalue weighted by Crippen LogP contribution is 2.69. The average molecular weight is 514 g/mol. The number of carboxylic acid groups (broad SMARTS) is 1. The Labute approximate surface area is 222 Å². The molecule has 4 fully saturated rings. The Morgan fingerprint density at radius 1 is 1.11 bits per heavy atom. The SMILES string of the molecule is CC[C@H]1[C@@H](O)[C@@H]2[C@H](CC[C@]3(C)[C@@H]([C@H](C)CCOc4cccnc4C(=O)O)CC[C@@H]23)[C@@]2(C)CC[C@@H](O)C[C@@H]12. The van der Waals surface area contributed by atoms with Crippen LogP contribution >= 0.6 is 0 Å². The highest BCUT2D eigenvalue weighted by molar-refractivity contribution is 5.88. The molecule has 206 valence electrons. The first kappa shape index (κ1) is 26.9. The van der Waals surface area contributed by atoms with Crippen LogP contribution in [0.5, 0.6) is 5.75 Å². The standard InChI is InChI=1S/C31H47NO5/c1-5-20-24-17-19(33)10-13-31(24,4)23-11-14-30(3)21(8-9-22(30)26(23)28(20)34)18(2)12-16-37-25-7-6-15-32-27(25)29(35)36/h6-7,15,18-24,26,28,33-34H,5,8-14,16-17H2,1-4H3,(H,35,36)/t18-,19-,20-,21-,22+,23+,24+,26+,28-,30-,31-/m1/s1. The monoisotopic (exact) mass is 513 g/mol. The van der Waals surface area contributed by atoms with E-state index in [1.165, 1.54) is 31.9 Å². The first-order valence-corrected chi connectivity index (χ1v) is 14.8. The Morgan fingerprint density at radius 3 is 2.57 bits per heavy atom. The first-order valence-electron chi connectivity index (χ1n) is 14.8. The highest BCUT2D eigenvalue weighted by atomic mass is 16.5. The lowest BCUT2D eigenvalue weighted by Gasteiger charge is -2.64. The van der Waals surface area contributed by atoms with Crippen LogP contribution in [0.2, 0.25) is 0 Å². The molecule has 37 heavy (non-hydrogen) atoms. The average Bonchev–Trinajstić information content (AvgIpc) is 3.22. The van der Waals surface area contributed by atoms with E-state index in [-0.39, 0.29) is 34.6 Å². The van der Waals surface area contributed by atoms with E-state index in [2.05, 4.69) is 32.7 Å². The summed E-state index contributed by atoms with van der Waals surface area (Å²) in [7, 11) is 0. The zero-order valence-electron chi connectivity index (χ0n) is 23.1. The number of aromatic nitrogens is 1. The lowest BCUT2D eigenvalue weighted by atomic mass is 9.41. The first-order chi connectivity index (χ1) is 17.6. The Bertz CT molecular complexity index is 984. The van der Waals surface area contributed by atoms with Crippen LogP contribution < -0.4 is 4.74 Å². The van der Waals surface area contributed by atoms with Crippen molar-refractivity contribution in [2.24, 2.45) is 52.3 Å². The van der Waals surface area contributed by atoms with Gasteiger partial charge in [0.1, 0.15) is 0 Å². The van der Waals surface area contributed by atoms with Crippen molar-refractivity contribution in [3.63, 3.8) is 0 Å². The van der Waals surface area contributed by atoms with Crippen molar-refractivity contribution in [2.45, 2.75) is 97.7 Å². The zero-order valence-corrected chi connectivity index (χ0v) is 23.1. The van der Waals surface area contributed by atoms with Crippen LogP contribution in [-0.4, -0.2) is 45.1 Å². The van der Waals surface area contributed by atoms with Crippen molar-refractivity contribution in [1.82, 2.24) is 4.98 Å². The van der Waals surface area contributed by atoms with E-state index in [0.29, 0.717) is 47.9 Å². The molecule has 6 nitrogen and oxygen atoms in total. The van der Waals surface area contributed by atoms with Gasteiger partial charge in [0.2, 0.25) is 0 Å². The molecule has 0 amide bonds. The Balaban J connectivity index is 1.30. The smallest absolute Gasteiger partial charge is 0.358 e. The number of fused-ring (bicyclic) bond motifs is 5. The molecule has 11 atom stereocenters. The normalized spacial score (nSPS) is 43.8. The van der Waals surface area contributed by atoms with E-state index in [0.717, 1.165) is 32.1 Å². The zero-order chi connectivity index (χ0) is 26.5. The molecule has 4 saturated carbocycles. The fraction of sp³-hybridized carbons (Fsp3) is 0.806. The van der Waals surface area contributed by atoms with E-state index in [9.17, 15) is 20.1 Å². The van der Waals surface area contributed by atoms with E-state index in [1.54, 1.807) is 12.1 Å². The molecule has 0 unspecified atom stereocenters. The van der Waals surface area contributed by atoms with E-state index >= 15 is 0 Å². The number of aromatic carboxylic acids is 1. The van der Waals surface area contributed by atoms with Gasteiger partial charge >= 0.3 is 5.97 Å². The van der Waals surface area contributed by atoms with Crippen LogP contribution in [0.25, 0.3) is 0 Å². The largest absolute Gasteiger partial charge is 0.491 e. The lowest BCUT2D eigenvalue weighted by Crippen LogP contribution is -2.62. The minimum absolute atomic E-state index is 0.0276. The summed E-state index contributed by atoms with van der Waals surface area (Å²) >= 11 is 0. The van der Waals surface area contributed by atoms with Gasteiger partial charge in [-0.15, -0.1) is 0 Å². The lowest BCUT2D eigenvalue weighted by molar-refractivity contribution is -0.203. The molecule has 0 saturated heterocycles. The number of rotatable bonds is 7. The highest BCUT2D eigenvalue weighted by Gasteiger charge is 2.64. The summed E-state index contributed by atoms with van der Waals surface area (Å²) < 4.78 is 5.91. The molecule has 5 rings (SSSR count). The van der Waals surface area contributed by atoms with Crippen LogP contribution in [0, 0.1) is 52.3 Å². The Morgan fingerprint density at radius 2 is 1.84 bits per heavy atom. The number of aliphatic hydroxyl groups excluding tert-OH is 2. The van der Waals surface area contributed by atoms with Crippen molar-refractivity contribution in [2.75, 3.05) is 6.61 Å². The van der Waals surface area contributed by atoms with Crippen molar-refractivity contribution < 1.29 is 24.9 Å². The molecule has 0 aromatic carbocycles. The van der Waals surface area contributed by atoms with E-state index in [4.69, 9.17) is 4.74 Å². The molecule has 1 heterocycles. The van der Waals surface area contributed by atoms with Crippen LogP contribution in [0.1, 0.15) is 96.0 Å². The summed E-state index contributed by atoms with van der Waals surface area (Å²) in [5.74, 6) is 2.51. The number of aliphatic hydroxyl groups is 2. The van der Waals surface area contributed by atoms with Gasteiger partial charge in [0, 0.05) is 6.20 Å². The molecule has 0 aliphatic heterocycles. The second-order valence-electron chi connectivity index (χ2n) is 13.4. The van der Waals surface area contributed by atoms with Gasteiger partial charge in [-0.2, -0.15) is 0 Å². The molecule has 4 aliphatic rings. The second-order valence-corrected chi connectivity index (χ2v) is 13.4. The van der Waals surface area contributed by atoms with Gasteiger partial charge < -0.3 is 20.1 Å². The minimum atomic E-state index is -1.06. The summed E-state index contributed by atoms with van der Waals surface area (Å²) in [4.78, 5) is 15.4. The van der Waals surface area contributed by atoms with Gasteiger partial charge in [-0.05, 0) is 116 Å². The van der Waals surface area contributed by atoms with Crippen molar-refractivity contribution in [1.29, 1.82) is 0 Å². The second kappa shape index (κ2) is 10.1. The summed E-state index contributed by atoms with van der Waals surface area (Å²) in [6.07, 6.45) is 10.5. The maximum atomic E-state index is 11.9. The maximum Gasteiger partial charge on any atom is 0.358 e. The van der Waals surface area contributed by atoms with Crippen LogP contribution in [-0.2, 0) is 0 Å². The predicted octanol–water partition coefficient (Wildman–Crippen LogP) is 5.81. The third kappa shape index (κ3) is 4.40. The van der Waals surface area contributed by atoms with Crippen LogP contribution in [0.15, 0.2) is 18.3 Å². The number of nitrogens with zero attached hydrogens (tertiary/aromatic N) is 1. The molecular weight excluding hydrogens is 466 g/mol. The molecule has 4 aliphatic carbocycles. The van der Waals surface area contributed by atoms with Gasteiger partial charge in [0.25, 0.3) is 0 Å². The van der Waals surface area contributed by atoms with Crippen molar-refractivity contribution >= 4 is 5.97 Å². The fourth-order valence-corrected chi connectivity index (χ4v) is 10.2. The molecular formula is C31H47NO5. The molecule has 1 aromatic rings.